The van der Waals surface area contributed by atoms with E-state index in [4.69, 9.17) is 4.74 Å². The Kier molecular flexibility index (Phi) is 12.4. The van der Waals surface area contributed by atoms with E-state index in [0.717, 1.165) is 18.4 Å². The van der Waals surface area contributed by atoms with Crippen molar-refractivity contribution in [3.63, 3.8) is 0 Å². The van der Waals surface area contributed by atoms with Crippen molar-refractivity contribution in [1.82, 2.24) is 10.2 Å². The van der Waals surface area contributed by atoms with E-state index in [1.54, 1.807) is 54.3 Å². The summed E-state index contributed by atoms with van der Waals surface area (Å²) in [5.41, 5.74) is 1.31. The number of carbonyl (C=O) groups is 4. The molecule has 0 aromatic heterocycles. The van der Waals surface area contributed by atoms with Gasteiger partial charge in [0.15, 0.2) is 12.2 Å². The number of hydrogen-bond acceptors (Lipinski definition) is 7. The first-order valence-corrected chi connectivity index (χ1v) is 12.8. The van der Waals surface area contributed by atoms with Crippen molar-refractivity contribution in [2.45, 2.75) is 58.3 Å². The van der Waals surface area contributed by atoms with Crippen molar-refractivity contribution in [2.75, 3.05) is 25.0 Å². The molecule has 3 amide bonds. The second-order valence-electron chi connectivity index (χ2n) is 8.75. The SMILES string of the molecule is CCCN(CCC)C(=O)c1cccc(NC(=O)[C@H](O)C(O)C(=O)N[C@H](Cc2ccccc2)C(=O)OCC)c1. The minimum absolute atomic E-state index is 0.0871. The van der Waals surface area contributed by atoms with Gasteiger partial charge in [0.05, 0.1) is 6.61 Å². The summed E-state index contributed by atoms with van der Waals surface area (Å²) in [5, 5.41) is 25.5. The van der Waals surface area contributed by atoms with Crippen LogP contribution in [0.2, 0.25) is 0 Å². The summed E-state index contributed by atoms with van der Waals surface area (Å²) >= 11 is 0. The number of anilines is 1. The maximum atomic E-state index is 12.9. The van der Waals surface area contributed by atoms with Crippen LogP contribution in [0.1, 0.15) is 49.5 Å². The van der Waals surface area contributed by atoms with Gasteiger partial charge in [-0.15, -0.1) is 0 Å². The van der Waals surface area contributed by atoms with Crippen molar-refractivity contribution in [3.8, 4) is 0 Å². The Balaban J connectivity index is 2.07. The molecule has 1 unspecified atom stereocenters. The van der Waals surface area contributed by atoms with Gasteiger partial charge in [0.25, 0.3) is 17.7 Å². The topological polar surface area (TPSA) is 145 Å². The van der Waals surface area contributed by atoms with E-state index < -0.39 is 36.0 Å². The van der Waals surface area contributed by atoms with Crippen molar-refractivity contribution < 1.29 is 34.1 Å². The number of esters is 1. The van der Waals surface area contributed by atoms with Gasteiger partial charge in [0.1, 0.15) is 6.04 Å². The fourth-order valence-electron chi connectivity index (χ4n) is 3.81. The zero-order valence-corrected chi connectivity index (χ0v) is 22.1. The van der Waals surface area contributed by atoms with Gasteiger partial charge >= 0.3 is 5.97 Å². The molecule has 3 atom stereocenters. The maximum Gasteiger partial charge on any atom is 0.328 e. The molecule has 38 heavy (non-hydrogen) atoms. The number of rotatable bonds is 14. The van der Waals surface area contributed by atoms with Gasteiger partial charge in [-0.3, -0.25) is 14.4 Å². The van der Waals surface area contributed by atoms with E-state index in [2.05, 4.69) is 10.6 Å². The Bertz CT molecular complexity index is 1070. The van der Waals surface area contributed by atoms with Gasteiger partial charge in [0.2, 0.25) is 0 Å². The first-order chi connectivity index (χ1) is 18.2. The molecule has 0 aliphatic carbocycles. The minimum atomic E-state index is -2.16. The largest absolute Gasteiger partial charge is 0.464 e. The zero-order chi connectivity index (χ0) is 28.1. The van der Waals surface area contributed by atoms with Crippen LogP contribution >= 0.6 is 0 Å². The number of aliphatic hydroxyl groups is 2. The van der Waals surface area contributed by atoms with E-state index in [0.29, 0.717) is 18.7 Å². The molecule has 0 saturated heterocycles. The van der Waals surface area contributed by atoms with Crippen molar-refractivity contribution >= 4 is 29.4 Å². The second-order valence-corrected chi connectivity index (χ2v) is 8.75. The zero-order valence-electron chi connectivity index (χ0n) is 22.1. The molecule has 0 spiro atoms. The molecular weight excluding hydrogens is 490 g/mol. The van der Waals surface area contributed by atoms with Crippen LogP contribution in [-0.2, 0) is 25.5 Å². The molecule has 4 N–H and O–H groups in total. The van der Waals surface area contributed by atoms with E-state index in [1.165, 1.54) is 12.1 Å². The van der Waals surface area contributed by atoms with Gasteiger partial charge in [-0.05, 0) is 43.5 Å². The molecule has 10 nitrogen and oxygen atoms in total. The summed E-state index contributed by atoms with van der Waals surface area (Å²) in [6, 6.07) is 13.9. The summed E-state index contributed by atoms with van der Waals surface area (Å²) in [6.07, 6.45) is -2.59. The fraction of sp³-hybridized carbons (Fsp3) is 0.429. The van der Waals surface area contributed by atoms with E-state index in [9.17, 15) is 29.4 Å². The molecule has 0 saturated carbocycles. The molecular formula is C28H37N3O7. The monoisotopic (exact) mass is 527 g/mol. The van der Waals surface area contributed by atoms with Gasteiger partial charge in [-0.2, -0.15) is 0 Å². The van der Waals surface area contributed by atoms with Gasteiger partial charge in [-0.1, -0.05) is 50.2 Å². The normalized spacial score (nSPS) is 13.1. The lowest BCUT2D eigenvalue weighted by atomic mass is 10.0. The minimum Gasteiger partial charge on any atom is -0.464 e. The third-order valence-electron chi connectivity index (χ3n) is 5.66. The van der Waals surface area contributed by atoms with Crippen molar-refractivity contribution in [1.29, 1.82) is 0 Å². The number of nitrogens with zero attached hydrogens (tertiary/aromatic N) is 1. The van der Waals surface area contributed by atoms with Crippen molar-refractivity contribution in [2.24, 2.45) is 0 Å². The van der Waals surface area contributed by atoms with Gasteiger partial charge < -0.3 is 30.5 Å². The number of nitrogens with one attached hydrogen (secondary N) is 2. The van der Waals surface area contributed by atoms with E-state index >= 15 is 0 Å². The molecule has 2 aromatic carbocycles. The summed E-state index contributed by atoms with van der Waals surface area (Å²) in [7, 11) is 0. The molecule has 0 aliphatic heterocycles. The fourth-order valence-corrected chi connectivity index (χ4v) is 3.81. The average Bonchev–Trinajstić information content (AvgIpc) is 2.92. The maximum absolute atomic E-state index is 12.9. The van der Waals surface area contributed by atoms with Gasteiger partial charge in [-0.25, -0.2) is 4.79 Å². The first kappa shape index (κ1) is 30.5. The van der Waals surface area contributed by atoms with Crippen LogP contribution < -0.4 is 10.6 Å². The molecule has 0 aliphatic rings. The third kappa shape index (κ3) is 8.97. The standard InChI is InChI=1S/C28H37N3O7/c1-4-15-31(16-5-2)27(36)20-13-10-14-21(18-20)29-25(34)23(32)24(33)26(35)30-22(28(37)38-6-3)17-19-11-8-7-9-12-19/h7-14,18,22-24,32-33H,4-6,15-17H2,1-3H3,(H,29,34)(H,30,35)/t22-,23-,24?/m1/s1. The highest BCUT2D eigenvalue weighted by molar-refractivity contribution is 6.00. The Morgan fingerprint density at radius 2 is 1.50 bits per heavy atom. The lowest BCUT2D eigenvalue weighted by Crippen LogP contribution is -2.52. The summed E-state index contributed by atoms with van der Waals surface area (Å²) in [4.78, 5) is 52.2. The Labute approximate surface area is 223 Å². The Morgan fingerprint density at radius 1 is 0.868 bits per heavy atom. The Morgan fingerprint density at radius 3 is 2.11 bits per heavy atom. The summed E-state index contributed by atoms with van der Waals surface area (Å²) < 4.78 is 5.01. The lowest BCUT2D eigenvalue weighted by Gasteiger charge is -2.22. The van der Waals surface area contributed by atoms with E-state index in [1.807, 2.05) is 13.8 Å². The van der Waals surface area contributed by atoms with Gasteiger partial charge in [0, 0.05) is 30.8 Å². The van der Waals surface area contributed by atoms with Crippen molar-refractivity contribution in [3.05, 3.63) is 65.7 Å². The van der Waals surface area contributed by atoms with Crippen LogP contribution in [0.15, 0.2) is 54.6 Å². The quantitative estimate of drug-likeness (QED) is 0.275. The molecule has 0 bridgehead atoms. The highest BCUT2D eigenvalue weighted by Gasteiger charge is 2.33. The van der Waals surface area contributed by atoms with Crippen LogP contribution in [0, 0.1) is 0 Å². The smallest absolute Gasteiger partial charge is 0.328 e. The predicted octanol–water partition coefficient (Wildman–Crippen LogP) is 1.90. The van der Waals surface area contributed by atoms with Crippen LogP contribution in [-0.4, -0.2) is 76.7 Å². The molecule has 0 radical (unpaired) electrons. The summed E-state index contributed by atoms with van der Waals surface area (Å²) in [6.45, 7) is 6.86. The Hall–Kier alpha value is -3.76. The molecule has 206 valence electrons. The molecule has 0 heterocycles. The van der Waals surface area contributed by atoms with Crippen LogP contribution in [0.5, 0.6) is 0 Å². The van der Waals surface area contributed by atoms with Crippen LogP contribution in [0.4, 0.5) is 5.69 Å². The average molecular weight is 528 g/mol. The molecule has 2 aromatic rings. The van der Waals surface area contributed by atoms with Crippen LogP contribution in [0.3, 0.4) is 0 Å². The second kappa shape index (κ2) is 15.5. The molecule has 2 rings (SSSR count). The first-order valence-electron chi connectivity index (χ1n) is 12.8. The predicted molar refractivity (Wildman–Crippen MR) is 142 cm³/mol. The highest BCUT2D eigenvalue weighted by Crippen LogP contribution is 2.15. The lowest BCUT2D eigenvalue weighted by molar-refractivity contribution is -0.150. The summed E-state index contributed by atoms with van der Waals surface area (Å²) in [5.74, 6) is -3.06. The molecule has 0 fully saturated rings. The number of benzene rings is 2. The number of amides is 3. The highest BCUT2D eigenvalue weighted by atomic mass is 16.5. The number of ether oxygens (including phenoxy) is 1. The number of aliphatic hydroxyl groups excluding tert-OH is 2. The molecule has 10 heteroatoms. The van der Waals surface area contributed by atoms with Crippen LogP contribution in [0.25, 0.3) is 0 Å². The number of carbonyl (C=O) groups excluding carboxylic acids is 4. The third-order valence-corrected chi connectivity index (χ3v) is 5.66. The number of hydrogen-bond donors (Lipinski definition) is 4. The van der Waals surface area contributed by atoms with E-state index in [-0.39, 0.29) is 24.6 Å².